The Bertz CT molecular complexity index is 463. The maximum absolute atomic E-state index is 11.1. The molecule has 1 aromatic heterocycles. The zero-order valence-corrected chi connectivity index (χ0v) is 11.2. The van der Waals surface area contributed by atoms with Crippen LogP contribution in [0.2, 0.25) is 0 Å². The summed E-state index contributed by atoms with van der Waals surface area (Å²) < 4.78 is 1.68. The first-order chi connectivity index (χ1) is 8.47. The van der Waals surface area contributed by atoms with Crippen molar-refractivity contribution in [3.63, 3.8) is 0 Å². The number of nitrogens with one attached hydrogen (secondary N) is 1. The fraction of sp³-hybridized carbons (Fsp3) is 0.750. The van der Waals surface area contributed by atoms with Gasteiger partial charge in [0.2, 0.25) is 5.82 Å². The van der Waals surface area contributed by atoms with Crippen LogP contribution in [0.4, 0.5) is 11.5 Å². The largest absolute Gasteiger partial charge is 0.364 e. The Morgan fingerprint density at radius 3 is 2.67 bits per heavy atom. The summed E-state index contributed by atoms with van der Waals surface area (Å²) in [6, 6.07) is 0. The minimum atomic E-state index is -0.347. The van der Waals surface area contributed by atoms with Crippen LogP contribution in [0.25, 0.3) is 0 Å². The number of aryl methyl sites for hydroxylation is 2. The highest BCUT2D eigenvalue weighted by Gasteiger charge is 2.33. The van der Waals surface area contributed by atoms with Gasteiger partial charge in [-0.2, -0.15) is 5.10 Å². The van der Waals surface area contributed by atoms with Gasteiger partial charge in [0.25, 0.3) is 0 Å². The highest BCUT2D eigenvalue weighted by Crippen LogP contribution is 2.41. The molecule has 1 aliphatic carbocycles. The van der Waals surface area contributed by atoms with Gasteiger partial charge in [-0.3, -0.25) is 10.1 Å². The predicted molar refractivity (Wildman–Crippen MR) is 69.7 cm³/mol. The Balaban J connectivity index is 2.21. The molecule has 2 rings (SSSR count). The van der Waals surface area contributed by atoms with E-state index in [1.54, 1.807) is 11.6 Å². The van der Waals surface area contributed by atoms with Gasteiger partial charge in [0.05, 0.1) is 4.92 Å². The lowest BCUT2D eigenvalue weighted by Crippen LogP contribution is -2.33. The summed E-state index contributed by atoms with van der Waals surface area (Å²) in [5.41, 5.74) is 0.868. The average Bonchev–Trinajstić information content (AvgIpc) is 2.60. The molecule has 0 amide bonds. The SMILES string of the molecule is CCn1nc(C)c([N+](=O)[O-])c1NCC1(C)CCC1. The summed E-state index contributed by atoms with van der Waals surface area (Å²) in [7, 11) is 0. The van der Waals surface area contributed by atoms with Crippen LogP contribution in [-0.4, -0.2) is 21.2 Å². The van der Waals surface area contributed by atoms with Crippen molar-refractivity contribution < 1.29 is 4.92 Å². The van der Waals surface area contributed by atoms with E-state index in [4.69, 9.17) is 0 Å². The van der Waals surface area contributed by atoms with Gasteiger partial charge in [-0.25, -0.2) is 4.68 Å². The molecule has 1 heterocycles. The lowest BCUT2D eigenvalue weighted by Gasteiger charge is -2.38. The smallest absolute Gasteiger partial charge is 0.333 e. The summed E-state index contributed by atoms with van der Waals surface area (Å²) >= 11 is 0. The van der Waals surface area contributed by atoms with Crippen LogP contribution in [0.3, 0.4) is 0 Å². The molecule has 0 radical (unpaired) electrons. The van der Waals surface area contributed by atoms with Crippen LogP contribution >= 0.6 is 0 Å². The number of hydrogen-bond acceptors (Lipinski definition) is 4. The lowest BCUT2D eigenvalue weighted by atomic mass is 9.70. The molecule has 0 spiro atoms. The molecule has 1 aromatic rings. The second-order valence-electron chi connectivity index (χ2n) is 5.37. The first kappa shape index (κ1) is 12.9. The van der Waals surface area contributed by atoms with Gasteiger partial charge < -0.3 is 5.32 Å². The van der Waals surface area contributed by atoms with Gasteiger partial charge in [0, 0.05) is 13.1 Å². The van der Waals surface area contributed by atoms with Crippen LogP contribution in [0.1, 0.15) is 38.8 Å². The fourth-order valence-corrected chi connectivity index (χ4v) is 2.45. The van der Waals surface area contributed by atoms with Crippen molar-refractivity contribution in [2.24, 2.45) is 5.41 Å². The summed E-state index contributed by atoms with van der Waals surface area (Å²) in [4.78, 5) is 10.7. The van der Waals surface area contributed by atoms with Crippen LogP contribution in [0.15, 0.2) is 0 Å². The van der Waals surface area contributed by atoms with E-state index in [9.17, 15) is 10.1 Å². The van der Waals surface area contributed by atoms with Crippen LogP contribution < -0.4 is 5.32 Å². The van der Waals surface area contributed by atoms with Crippen molar-refractivity contribution in [2.75, 3.05) is 11.9 Å². The van der Waals surface area contributed by atoms with Gasteiger partial charge in [0.15, 0.2) is 0 Å². The molecule has 100 valence electrons. The van der Waals surface area contributed by atoms with Crippen molar-refractivity contribution >= 4 is 11.5 Å². The first-order valence-corrected chi connectivity index (χ1v) is 6.42. The van der Waals surface area contributed by atoms with Crippen LogP contribution in [0, 0.1) is 22.5 Å². The monoisotopic (exact) mass is 252 g/mol. The molecular formula is C12H20N4O2. The summed E-state index contributed by atoms with van der Waals surface area (Å²) in [5.74, 6) is 0.549. The van der Waals surface area contributed by atoms with E-state index in [1.807, 2.05) is 6.92 Å². The lowest BCUT2D eigenvalue weighted by molar-refractivity contribution is -0.384. The van der Waals surface area contributed by atoms with E-state index in [2.05, 4.69) is 17.3 Å². The van der Waals surface area contributed by atoms with Gasteiger partial charge in [0.1, 0.15) is 5.69 Å². The van der Waals surface area contributed by atoms with Crippen molar-refractivity contribution in [1.29, 1.82) is 0 Å². The molecule has 0 saturated heterocycles. The quantitative estimate of drug-likeness (QED) is 0.646. The zero-order valence-electron chi connectivity index (χ0n) is 11.2. The molecular weight excluding hydrogens is 232 g/mol. The normalized spacial score (nSPS) is 17.3. The molecule has 1 aliphatic rings. The number of rotatable bonds is 5. The van der Waals surface area contributed by atoms with Crippen molar-refractivity contribution in [1.82, 2.24) is 9.78 Å². The molecule has 0 unspecified atom stereocenters. The molecule has 0 aromatic carbocycles. The third-order valence-corrected chi connectivity index (χ3v) is 3.82. The maximum Gasteiger partial charge on any atom is 0.333 e. The Morgan fingerprint density at radius 1 is 1.56 bits per heavy atom. The molecule has 0 aliphatic heterocycles. The predicted octanol–water partition coefficient (Wildman–Crippen LogP) is 2.72. The summed E-state index contributed by atoms with van der Waals surface area (Å²) in [5, 5.41) is 18.5. The molecule has 0 bridgehead atoms. The number of anilines is 1. The Kier molecular flexibility index (Phi) is 3.28. The molecule has 1 fully saturated rings. The minimum Gasteiger partial charge on any atom is -0.364 e. The third-order valence-electron chi connectivity index (χ3n) is 3.82. The maximum atomic E-state index is 11.1. The van der Waals surface area contributed by atoms with Crippen molar-refractivity contribution in [3.8, 4) is 0 Å². The number of aromatic nitrogens is 2. The molecule has 1 saturated carbocycles. The van der Waals surface area contributed by atoms with Gasteiger partial charge in [-0.1, -0.05) is 13.3 Å². The third kappa shape index (κ3) is 2.19. The standard InChI is InChI=1S/C12H20N4O2/c1-4-15-11(10(16(17)18)9(2)14-15)13-8-12(3)6-5-7-12/h13H,4-8H2,1-3H3. The molecule has 6 heteroatoms. The molecule has 0 atom stereocenters. The van der Waals surface area contributed by atoms with Crippen LogP contribution in [-0.2, 0) is 6.54 Å². The number of hydrogen-bond donors (Lipinski definition) is 1. The highest BCUT2D eigenvalue weighted by molar-refractivity contribution is 5.59. The Hall–Kier alpha value is -1.59. The Morgan fingerprint density at radius 2 is 2.22 bits per heavy atom. The van der Waals surface area contributed by atoms with E-state index in [1.165, 1.54) is 19.3 Å². The van der Waals surface area contributed by atoms with Gasteiger partial charge >= 0.3 is 5.69 Å². The second-order valence-corrected chi connectivity index (χ2v) is 5.37. The molecule has 18 heavy (non-hydrogen) atoms. The summed E-state index contributed by atoms with van der Waals surface area (Å²) in [6.07, 6.45) is 3.63. The van der Waals surface area contributed by atoms with E-state index in [0.717, 1.165) is 6.54 Å². The number of nitrogens with zero attached hydrogens (tertiary/aromatic N) is 3. The van der Waals surface area contributed by atoms with Gasteiger partial charge in [-0.05, 0) is 32.1 Å². The minimum absolute atomic E-state index is 0.111. The molecule has 6 nitrogen and oxygen atoms in total. The highest BCUT2D eigenvalue weighted by atomic mass is 16.6. The first-order valence-electron chi connectivity index (χ1n) is 6.42. The second kappa shape index (κ2) is 4.59. The van der Waals surface area contributed by atoms with E-state index < -0.39 is 0 Å². The average molecular weight is 252 g/mol. The van der Waals surface area contributed by atoms with E-state index in [0.29, 0.717) is 18.1 Å². The molecule has 1 N–H and O–H groups in total. The van der Waals surface area contributed by atoms with E-state index >= 15 is 0 Å². The van der Waals surface area contributed by atoms with Crippen molar-refractivity contribution in [3.05, 3.63) is 15.8 Å². The van der Waals surface area contributed by atoms with Crippen molar-refractivity contribution in [2.45, 2.75) is 46.6 Å². The van der Waals surface area contributed by atoms with E-state index in [-0.39, 0.29) is 16.0 Å². The van der Waals surface area contributed by atoms with Crippen LogP contribution in [0.5, 0.6) is 0 Å². The Labute approximate surface area is 107 Å². The topological polar surface area (TPSA) is 73.0 Å². The van der Waals surface area contributed by atoms with Gasteiger partial charge in [-0.15, -0.1) is 0 Å². The number of nitro groups is 1. The zero-order chi connectivity index (χ0) is 13.3. The fourth-order valence-electron chi connectivity index (χ4n) is 2.45. The summed E-state index contributed by atoms with van der Waals surface area (Å²) in [6.45, 7) is 7.24.